The zero-order chi connectivity index (χ0) is 16.2. The molecule has 4 atom stereocenters. The minimum absolute atomic E-state index is 0.0732. The van der Waals surface area contributed by atoms with Crippen LogP contribution in [-0.4, -0.2) is 28.5 Å². The number of carbonyl (C=O) groups is 2. The lowest BCUT2D eigenvalue weighted by Gasteiger charge is -2.20. The van der Waals surface area contributed by atoms with Crippen LogP contribution >= 0.6 is 9.39 Å². The van der Waals surface area contributed by atoms with Crippen LogP contribution in [0.4, 0.5) is 0 Å². The lowest BCUT2D eigenvalue weighted by atomic mass is 10.1. The Bertz CT molecular complexity index is 643. The first-order valence-electron chi connectivity index (χ1n) is 7.64. The van der Waals surface area contributed by atoms with E-state index < -0.39 is 5.60 Å². The first-order chi connectivity index (χ1) is 10.2. The SMILES string of the molecule is CCOC(=O)c1cc2c(n1P)C1C(C2)C1C(=O)OC(C)(C)C. The fourth-order valence-electron chi connectivity index (χ4n) is 3.44. The lowest BCUT2D eigenvalue weighted by Crippen LogP contribution is -2.26. The fourth-order valence-corrected chi connectivity index (χ4v) is 3.96. The molecule has 6 heteroatoms. The Labute approximate surface area is 132 Å². The predicted molar refractivity (Wildman–Crippen MR) is 84.8 cm³/mol. The van der Waals surface area contributed by atoms with Crippen molar-refractivity contribution in [3.8, 4) is 0 Å². The fraction of sp³-hybridized carbons (Fsp3) is 0.625. The summed E-state index contributed by atoms with van der Waals surface area (Å²) < 4.78 is 12.4. The van der Waals surface area contributed by atoms with Crippen molar-refractivity contribution in [1.29, 1.82) is 0 Å². The molecule has 1 aromatic heterocycles. The maximum absolute atomic E-state index is 12.3. The van der Waals surface area contributed by atoms with Crippen LogP contribution in [0.25, 0.3) is 0 Å². The van der Waals surface area contributed by atoms with Crippen LogP contribution < -0.4 is 0 Å². The lowest BCUT2D eigenvalue weighted by molar-refractivity contribution is -0.157. The Morgan fingerprint density at radius 3 is 2.68 bits per heavy atom. The first-order valence-corrected chi connectivity index (χ1v) is 8.15. The van der Waals surface area contributed by atoms with Crippen molar-refractivity contribution in [1.82, 2.24) is 4.34 Å². The molecule has 0 spiro atoms. The van der Waals surface area contributed by atoms with Gasteiger partial charge in [-0.1, -0.05) is 0 Å². The highest BCUT2D eigenvalue weighted by molar-refractivity contribution is 7.14. The van der Waals surface area contributed by atoms with Crippen LogP contribution in [0.2, 0.25) is 0 Å². The van der Waals surface area contributed by atoms with Crippen molar-refractivity contribution in [2.24, 2.45) is 11.8 Å². The first kappa shape index (κ1) is 15.5. The molecular weight excluding hydrogens is 301 g/mol. The largest absolute Gasteiger partial charge is 0.461 e. The zero-order valence-electron chi connectivity index (χ0n) is 13.4. The Kier molecular flexibility index (Phi) is 3.59. The maximum Gasteiger partial charge on any atom is 0.355 e. The molecule has 2 aliphatic carbocycles. The van der Waals surface area contributed by atoms with Crippen molar-refractivity contribution >= 4 is 21.3 Å². The van der Waals surface area contributed by atoms with E-state index in [1.54, 1.807) is 6.92 Å². The molecule has 1 saturated carbocycles. The molecule has 0 aromatic carbocycles. The second-order valence-electron chi connectivity index (χ2n) is 6.98. The minimum Gasteiger partial charge on any atom is -0.461 e. The van der Waals surface area contributed by atoms with Gasteiger partial charge in [-0.25, -0.2) is 4.79 Å². The second-order valence-corrected chi connectivity index (χ2v) is 7.50. The summed E-state index contributed by atoms with van der Waals surface area (Å²) in [6.07, 6.45) is 0.831. The summed E-state index contributed by atoms with van der Waals surface area (Å²) in [5.74, 6) is -0.0284. The molecule has 1 fully saturated rings. The van der Waals surface area contributed by atoms with Crippen molar-refractivity contribution in [2.75, 3.05) is 6.61 Å². The van der Waals surface area contributed by atoms with Gasteiger partial charge in [-0.3, -0.25) is 4.79 Å². The maximum atomic E-state index is 12.3. The monoisotopic (exact) mass is 323 g/mol. The third-order valence-electron chi connectivity index (χ3n) is 4.26. The predicted octanol–water partition coefficient (Wildman–Crippen LogP) is 2.53. The standard InChI is InChI=1S/C16H22NO4P/c1-5-20-14(18)10-7-8-6-9-11(13(8)17(10)22)12(9)15(19)21-16(2,3)4/h7,9,11-12H,5-6,22H2,1-4H3. The van der Waals surface area contributed by atoms with Gasteiger partial charge < -0.3 is 13.8 Å². The van der Waals surface area contributed by atoms with Gasteiger partial charge in [0.15, 0.2) is 0 Å². The van der Waals surface area contributed by atoms with E-state index in [4.69, 9.17) is 9.47 Å². The van der Waals surface area contributed by atoms with Gasteiger partial charge in [0.05, 0.1) is 12.5 Å². The van der Waals surface area contributed by atoms with Gasteiger partial charge in [0.2, 0.25) is 0 Å². The van der Waals surface area contributed by atoms with Crippen molar-refractivity contribution in [3.63, 3.8) is 0 Å². The van der Waals surface area contributed by atoms with Gasteiger partial charge >= 0.3 is 11.9 Å². The Morgan fingerprint density at radius 2 is 2.09 bits per heavy atom. The van der Waals surface area contributed by atoms with Crippen LogP contribution in [0.3, 0.4) is 0 Å². The van der Waals surface area contributed by atoms with E-state index in [0.29, 0.717) is 18.2 Å². The number of hydrogen-bond acceptors (Lipinski definition) is 4. The molecule has 0 N–H and O–H groups in total. The van der Waals surface area contributed by atoms with E-state index in [2.05, 4.69) is 9.39 Å². The van der Waals surface area contributed by atoms with E-state index in [9.17, 15) is 9.59 Å². The molecule has 120 valence electrons. The van der Waals surface area contributed by atoms with Gasteiger partial charge in [0.25, 0.3) is 0 Å². The Balaban J connectivity index is 1.79. The van der Waals surface area contributed by atoms with Crippen LogP contribution in [0.1, 0.15) is 55.4 Å². The van der Waals surface area contributed by atoms with E-state index in [-0.39, 0.29) is 23.8 Å². The number of ether oxygens (including phenoxy) is 2. The van der Waals surface area contributed by atoms with Crippen molar-refractivity contribution in [2.45, 2.75) is 45.6 Å². The molecule has 2 aliphatic rings. The van der Waals surface area contributed by atoms with E-state index in [0.717, 1.165) is 17.7 Å². The highest BCUT2D eigenvalue weighted by atomic mass is 31.0. The second kappa shape index (κ2) is 5.09. The summed E-state index contributed by atoms with van der Waals surface area (Å²) >= 11 is 0. The van der Waals surface area contributed by atoms with Crippen molar-refractivity contribution in [3.05, 3.63) is 23.0 Å². The summed E-state index contributed by atoms with van der Waals surface area (Å²) in [4.78, 5) is 24.2. The third-order valence-corrected chi connectivity index (χ3v) is 4.82. The number of esters is 2. The van der Waals surface area contributed by atoms with Gasteiger partial charge in [0.1, 0.15) is 11.3 Å². The number of aromatic nitrogens is 1. The van der Waals surface area contributed by atoms with Crippen LogP contribution in [0.15, 0.2) is 6.07 Å². The molecule has 5 nitrogen and oxygen atoms in total. The van der Waals surface area contributed by atoms with E-state index >= 15 is 0 Å². The molecule has 0 radical (unpaired) electrons. The topological polar surface area (TPSA) is 57.5 Å². The summed E-state index contributed by atoms with van der Waals surface area (Å²) in [5.41, 5.74) is 2.28. The summed E-state index contributed by atoms with van der Waals surface area (Å²) in [5, 5.41) is 0. The molecule has 4 unspecified atom stereocenters. The van der Waals surface area contributed by atoms with Crippen LogP contribution in [-0.2, 0) is 20.7 Å². The number of carbonyl (C=O) groups excluding carboxylic acids is 2. The molecule has 3 rings (SSSR count). The molecule has 1 aromatic rings. The van der Waals surface area contributed by atoms with Crippen LogP contribution in [0.5, 0.6) is 0 Å². The number of nitrogens with zero attached hydrogens (tertiary/aromatic N) is 1. The summed E-state index contributed by atoms with van der Waals surface area (Å²) in [7, 11) is 2.57. The van der Waals surface area contributed by atoms with Gasteiger partial charge in [-0.05, 0) is 61.1 Å². The Hall–Kier alpha value is -1.35. The van der Waals surface area contributed by atoms with E-state index in [1.165, 1.54) is 0 Å². The smallest absolute Gasteiger partial charge is 0.355 e. The van der Waals surface area contributed by atoms with Crippen LogP contribution in [0, 0.1) is 11.8 Å². The Morgan fingerprint density at radius 1 is 1.41 bits per heavy atom. The average Bonchev–Trinajstić information content (AvgIpc) is 2.80. The number of hydrogen-bond donors (Lipinski definition) is 0. The highest BCUT2D eigenvalue weighted by Gasteiger charge is 2.62. The minimum atomic E-state index is -0.462. The molecule has 0 bridgehead atoms. The zero-order valence-corrected chi connectivity index (χ0v) is 14.5. The summed E-state index contributed by atoms with van der Waals surface area (Å²) in [6, 6.07) is 1.89. The molecule has 0 saturated heterocycles. The molecule has 0 amide bonds. The third kappa shape index (κ3) is 2.45. The van der Waals surface area contributed by atoms with Crippen molar-refractivity contribution < 1.29 is 19.1 Å². The molecule has 1 heterocycles. The van der Waals surface area contributed by atoms with Gasteiger partial charge in [-0.2, -0.15) is 0 Å². The molecular formula is C16H22NO4P. The number of rotatable bonds is 3. The van der Waals surface area contributed by atoms with Gasteiger partial charge in [0, 0.05) is 11.6 Å². The normalized spacial score (nSPS) is 25.4. The highest BCUT2D eigenvalue weighted by Crippen LogP contribution is 2.62. The van der Waals surface area contributed by atoms with E-state index in [1.807, 2.05) is 31.2 Å². The summed E-state index contributed by atoms with van der Waals surface area (Å²) in [6.45, 7) is 7.78. The molecule has 22 heavy (non-hydrogen) atoms. The number of fused-ring (bicyclic) bond motifs is 3. The average molecular weight is 323 g/mol. The van der Waals surface area contributed by atoms with Gasteiger partial charge in [-0.15, -0.1) is 0 Å². The quantitative estimate of drug-likeness (QED) is 0.633. The molecule has 0 aliphatic heterocycles.